The van der Waals surface area contributed by atoms with E-state index in [9.17, 15) is 16.8 Å². The van der Waals surface area contributed by atoms with Crippen LogP contribution in [0.4, 0.5) is 0 Å². The highest BCUT2D eigenvalue weighted by Gasteiger charge is 2.32. The summed E-state index contributed by atoms with van der Waals surface area (Å²) in [5.74, 6) is 0.463. The Morgan fingerprint density at radius 3 is 2.27 bits per heavy atom. The molecule has 0 saturated heterocycles. The van der Waals surface area contributed by atoms with E-state index in [1.54, 1.807) is 41.8 Å². The lowest BCUT2D eigenvalue weighted by Crippen LogP contribution is -2.32. The third kappa shape index (κ3) is 4.67. The van der Waals surface area contributed by atoms with Gasteiger partial charge >= 0.3 is 0 Å². The molecule has 3 rings (SSSR count). The van der Waals surface area contributed by atoms with Crippen molar-refractivity contribution in [2.75, 3.05) is 20.8 Å². The number of sulfonamides is 1. The SMILES string of the molecule is COc1ccc(OC)c(S(=O)(=O)NCC(c2cccs2)S(=O)(=O)c2ccccc2)c1. The van der Waals surface area contributed by atoms with E-state index in [-0.39, 0.29) is 22.1 Å². The molecule has 30 heavy (non-hydrogen) atoms. The van der Waals surface area contributed by atoms with Crippen LogP contribution in [0.3, 0.4) is 0 Å². The highest BCUT2D eigenvalue weighted by molar-refractivity contribution is 7.92. The van der Waals surface area contributed by atoms with Crippen LogP contribution in [0.2, 0.25) is 0 Å². The number of methoxy groups -OCH3 is 2. The summed E-state index contributed by atoms with van der Waals surface area (Å²) in [4.78, 5) is 0.534. The third-order valence-corrected chi connectivity index (χ3v) is 9.10. The maximum atomic E-state index is 13.2. The molecule has 1 heterocycles. The van der Waals surface area contributed by atoms with Gasteiger partial charge in [0.25, 0.3) is 0 Å². The first-order valence-electron chi connectivity index (χ1n) is 8.83. The number of sulfone groups is 1. The van der Waals surface area contributed by atoms with Crippen LogP contribution in [0.1, 0.15) is 10.1 Å². The van der Waals surface area contributed by atoms with Gasteiger partial charge in [-0.25, -0.2) is 21.6 Å². The van der Waals surface area contributed by atoms with Crippen molar-refractivity contribution in [1.29, 1.82) is 0 Å². The number of hydrogen-bond donors (Lipinski definition) is 1. The van der Waals surface area contributed by atoms with E-state index in [0.717, 1.165) is 0 Å². The van der Waals surface area contributed by atoms with Crippen molar-refractivity contribution >= 4 is 31.2 Å². The number of benzene rings is 2. The van der Waals surface area contributed by atoms with E-state index in [1.165, 1.54) is 49.8 Å². The molecule has 0 bridgehead atoms. The minimum atomic E-state index is -4.08. The largest absolute Gasteiger partial charge is 0.497 e. The normalized spacial score (nSPS) is 13.0. The Kier molecular flexibility index (Phi) is 6.81. The molecule has 0 aliphatic carbocycles. The monoisotopic (exact) mass is 467 g/mol. The second-order valence-corrected chi connectivity index (χ2v) is 11.1. The smallest absolute Gasteiger partial charge is 0.244 e. The molecule has 1 N–H and O–H groups in total. The first-order valence-corrected chi connectivity index (χ1v) is 12.7. The fourth-order valence-electron chi connectivity index (χ4n) is 2.87. The number of thiophene rings is 1. The second-order valence-electron chi connectivity index (χ2n) is 6.23. The lowest BCUT2D eigenvalue weighted by Gasteiger charge is -2.18. The highest BCUT2D eigenvalue weighted by Crippen LogP contribution is 2.33. The highest BCUT2D eigenvalue weighted by atomic mass is 32.2. The van der Waals surface area contributed by atoms with Gasteiger partial charge in [0, 0.05) is 17.5 Å². The van der Waals surface area contributed by atoms with Crippen LogP contribution < -0.4 is 14.2 Å². The average Bonchev–Trinajstić information content (AvgIpc) is 3.28. The first-order chi connectivity index (χ1) is 14.3. The molecule has 0 aliphatic rings. The van der Waals surface area contributed by atoms with Gasteiger partial charge in [0.05, 0.1) is 19.1 Å². The van der Waals surface area contributed by atoms with Crippen LogP contribution in [-0.4, -0.2) is 37.6 Å². The quantitative estimate of drug-likeness (QED) is 0.519. The first kappa shape index (κ1) is 22.3. The number of rotatable bonds is 9. The number of nitrogens with one attached hydrogen (secondary N) is 1. The molecule has 1 atom stereocenters. The van der Waals surface area contributed by atoms with E-state index >= 15 is 0 Å². The Morgan fingerprint density at radius 1 is 0.933 bits per heavy atom. The molecule has 0 amide bonds. The van der Waals surface area contributed by atoms with Gasteiger partial charge in [0.15, 0.2) is 9.84 Å². The molecule has 0 radical (unpaired) electrons. The molecule has 3 aromatic rings. The van der Waals surface area contributed by atoms with Crippen molar-refractivity contribution in [3.63, 3.8) is 0 Å². The van der Waals surface area contributed by atoms with Crippen LogP contribution in [0, 0.1) is 0 Å². The molecule has 0 fully saturated rings. The van der Waals surface area contributed by atoms with Gasteiger partial charge in [-0.3, -0.25) is 0 Å². The zero-order valence-electron chi connectivity index (χ0n) is 16.3. The summed E-state index contributed by atoms with van der Waals surface area (Å²) in [6.45, 7) is -0.333. The van der Waals surface area contributed by atoms with Crippen molar-refractivity contribution in [2.24, 2.45) is 0 Å². The summed E-state index contributed by atoms with van der Waals surface area (Å²) in [7, 11) is -5.13. The van der Waals surface area contributed by atoms with Crippen molar-refractivity contribution in [3.8, 4) is 11.5 Å². The van der Waals surface area contributed by atoms with Crippen LogP contribution in [0.25, 0.3) is 0 Å². The number of hydrogen-bond acceptors (Lipinski definition) is 7. The molecule has 10 heteroatoms. The molecule has 1 aromatic heterocycles. The predicted molar refractivity (Wildman–Crippen MR) is 115 cm³/mol. The van der Waals surface area contributed by atoms with Crippen LogP contribution >= 0.6 is 11.3 Å². The van der Waals surface area contributed by atoms with Gasteiger partial charge < -0.3 is 9.47 Å². The molecular formula is C20H21NO6S3. The number of ether oxygens (including phenoxy) is 2. The molecule has 2 aromatic carbocycles. The van der Waals surface area contributed by atoms with Gasteiger partial charge in [-0.2, -0.15) is 0 Å². The molecule has 0 aliphatic heterocycles. The second kappa shape index (κ2) is 9.17. The minimum absolute atomic E-state index is 0.126. The van der Waals surface area contributed by atoms with E-state index in [2.05, 4.69) is 4.72 Å². The molecule has 7 nitrogen and oxygen atoms in total. The summed E-state index contributed by atoms with van der Waals surface area (Å²) < 4.78 is 65.1. The standard InChI is InChI=1S/C20H21NO6S3/c1-26-15-10-11-17(27-2)19(13-15)30(24,25)21-14-20(18-9-6-12-28-18)29(22,23)16-7-4-3-5-8-16/h3-13,20-21H,14H2,1-2H3. The molecule has 0 spiro atoms. The fourth-order valence-corrected chi connectivity index (χ4v) is 7.01. The average molecular weight is 468 g/mol. The van der Waals surface area contributed by atoms with E-state index in [0.29, 0.717) is 10.6 Å². The lowest BCUT2D eigenvalue weighted by molar-refractivity contribution is 0.392. The van der Waals surface area contributed by atoms with Gasteiger partial charge in [0.2, 0.25) is 10.0 Å². The Morgan fingerprint density at radius 2 is 1.67 bits per heavy atom. The van der Waals surface area contributed by atoms with E-state index in [1.807, 2.05) is 0 Å². The van der Waals surface area contributed by atoms with Gasteiger partial charge in [-0.05, 0) is 35.7 Å². The lowest BCUT2D eigenvalue weighted by atomic mass is 10.3. The summed E-state index contributed by atoms with van der Waals surface area (Å²) >= 11 is 1.25. The van der Waals surface area contributed by atoms with Crippen molar-refractivity contribution in [3.05, 3.63) is 70.9 Å². The van der Waals surface area contributed by atoms with Crippen molar-refractivity contribution in [1.82, 2.24) is 4.72 Å². The van der Waals surface area contributed by atoms with Gasteiger partial charge in [0.1, 0.15) is 21.6 Å². The zero-order chi connectivity index (χ0) is 21.8. The molecular weight excluding hydrogens is 446 g/mol. The maximum absolute atomic E-state index is 13.2. The molecule has 1 unspecified atom stereocenters. The Bertz CT molecular complexity index is 1190. The summed E-state index contributed by atoms with van der Waals surface area (Å²) in [6.07, 6.45) is 0. The van der Waals surface area contributed by atoms with E-state index in [4.69, 9.17) is 9.47 Å². The molecule has 0 saturated carbocycles. The Labute approximate surface area is 180 Å². The van der Waals surface area contributed by atoms with Crippen molar-refractivity contribution in [2.45, 2.75) is 15.0 Å². The van der Waals surface area contributed by atoms with Crippen LogP contribution in [-0.2, 0) is 19.9 Å². The minimum Gasteiger partial charge on any atom is -0.497 e. The third-order valence-electron chi connectivity index (χ3n) is 4.43. The van der Waals surface area contributed by atoms with Crippen LogP contribution in [0.5, 0.6) is 11.5 Å². The zero-order valence-corrected chi connectivity index (χ0v) is 18.8. The van der Waals surface area contributed by atoms with Gasteiger partial charge in [-0.1, -0.05) is 24.3 Å². The Hall–Kier alpha value is -2.40. The Balaban J connectivity index is 1.96. The molecule has 160 valence electrons. The summed E-state index contributed by atoms with van der Waals surface area (Å²) in [5, 5.41) is 0.675. The topological polar surface area (TPSA) is 98.8 Å². The van der Waals surface area contributed by atoms with Crippen LogP contribution in [0.15, 0.2) is 75.8 Å². The van der Waals surface area contributed by atoms with Crippen molar-refractivity contribution < 1.29 is 26.3 Å². The predicted octanol–water partition coefficient (Wildman–Crippen LogP) is 3.26. The van der Waals surface area contributed by atoms with Gasteiger partial charge in [-0.15, -0.1) is 11.3 Å². The summed E-state index contributed by atoms with van der Waals surface area (Å²) in [5.41, 5.74) is 0. The summed E-state index contributed by atoms with van der Waals surface area (Å²) in [6, 6.07) is 15.8. The fraction of sp³-hybridized carbons (Fsp3) is 0.200. The van der Waals surface area contributed by atoms with E-state index < -0.39 is 25.1 Å². The maximum Gasteiger partial charge on any atom is 0.244 e.